The van der Waals surface area contributed by atoms with Crippen molar-refractivity contribution in [3.8, 4) is 0 Å². The Morgan fingerprint density at radius 1 is 0.745 bits per heavy atom. The molecule has 0 fully saturated rings. The second-order valence-corrected chi connectivity index (χ2v) is 15.4. The van der Waals surface area contributed by atoms with E-state index in [0.717, 1.165) is 51.4 Å². The summed E-state index contributed by atoms with van der Waals surface area (Å²) in [6, 6.07) is -0.951. The largest absolute Gasteiger partial charge is 0.756 e. The quantitative estimate of drug-likeness (QED) is 0.0173. The predicted octanol–water partition coefficient (Wildman–Crippen LogP) is 8.62. The van der Waals surface area contributed by atoms with Crippen LogP contribution in [0.2, 0.25) is 0 Å². The monoisotopic (exact) mass is 734 g/mol. The van der Waals surface area contributed by atoms with Gasteiger partial charge in [0.15, 0.2) is 5.78 Å². The van der Waals surface area contributed by atoms with Crippen LogP contribution in [0, 0.1) is 0 Å². The fourth-order valence-electron chi connectivity index (χ4n) is 4.70. The Balaban J connectivity index is 4.72. The molecule has 3 atom stereocenters. The van der Waals surface area contributed by atoms with E-state index < -0.39 is 26.6 Å². The van der Waals surface area contributed by atoms with Crippen LogP contribution in [-0.2, 0) is 23.2 Å². The lowest BCUT2D eigenvalue weighted by molar-refractivity contribution is -0.870. The zero-order chi connectivity index (χ0) is 38.1. The number of aliphatic hydroxyl groups is 1. The van der Waals surface area contributed by atoms with E-state index in [4.69, 9.17) is 9.05 Å². The molecule has 0 bridgehead atoms. The number of nitrogens with one attached hydrogen (secondary N) is 1. The number of rotatable bonds is 33. The summed E-state index contributed by atoms with van der Waals surface area (Å²) in [6.45, 7) is 4.34. The molecule has 0 rings (SSSR count). The third-order valence-electron chi connectivity index (χ3n) is 7.86. The van der Waals surface area contributed by atoms with E-state index in [1.807, 2.05) is 51.5 Å². The summed E-state index contributed by atoms with van der Waals surface area (Å²) >= 11 is 0. The highest BCUT2D eigenvalue weighted by atomic mass is 31.2. The molecule has 1 amide bonds. The van der Waals surface area contributed by atoms with Crippen LogP contribution in [-0.4, -0.2) is 74.3 Å². The van der Waals surface area contributed by atoms with Gasteiger partial charge in [0.25, 0.3) is 7.82 Å². The van der Waals surface area contributed by atoms with Crippen molar-refractivity contribution in [2.24, 2.45) is 0 Å². The molecule has 0 aromatic carbocycles. The zero-order valence-corrected chi connectivity index (χ0v) is 33.4. The minimum absolute atomic E-state index is 0.0313. The van der Waals surface area contributed by atoms with E-state index in [-0.39, 0.29) is 24.7 Å². The van der Waals surface area contributed by atoms with Crippen LogP contribution < -0.4 is 10.2 Å². The number of aliphatic hydroxyl groups excluding tert-OH is 1. The summed E-state index contributed by atoms with van der Waals surface area (Å²) in [6.07, 6.45) is 38.0. The van der Waals surface area contributed by atoms with E-state index in [1.165, 1.54) is 32.1 Å². The second kappa shape index (κ2) is 32.3. The number of allylic oxidation sites excluding steroid dienone is 11. The molecule has 292 valence electrons. The van der Waals surface area contributed by atoms with Gasteiger partial charge in [-0.3, -0.25) is 14.2 Å². The van der Waals surface area contributed by atoms with Gasteiger partial charge in [0.2, 0.25) is 5.91 Å². The van der Waals surface area contributed by atoms with Crippen LogP contribution in [0.1, 0.15) is 123 Å². The number of phosphoric acid groups is 1. The second-order valence-electron chi connectivity index (χ2n) is 14.0. The fourth-order valence-corrected chi connectivity index (χ4v) is 5.42. The molecule has 2 N–H and O–H groups in total. The number of amides is 1. The van der Waals surface area contributed by atoms with Crippen molar-refractivity contribution in [2.45, 2.75) is 135 Å². The van der Waals surface area contributed by atoms with Gasteiger partial charge in [-0.2, -0.15) is 0 Å². The van der Waals surface area contributed by atoms with E-state index in [9.17, 15) is 24.2 Å². The van der Waals surface area contributed by atoms with Crippen molar-refractivity contribution in [3.63, 3.8) is 0 Å². The molecule has 0 saturated heterocycles. The molecule has 0 aromatic rings. The topological polar surface area (TPSA) is 125 Å². The van der Waals surface area contributed by atoms with Crippen molar-refractivity contribution >= 4 is 19.5 Å². The Kier molecular flexibility index (Phi) is 30.8. The summed E-state index contributed by atoms with van der Waals surface area (Å²) in [5.41, 5.74) is 0. The lowest BCUT2D eigenvalue weighted by Crippen LogP contribution is -2.45. The molecule has 51 heavy (non-hydrogen) atoms. The molecule has 0 aliphatic heterocycles. The first-order valence-corrected chi connectivity index (χ1v) is 20.7. The van der Waals surface area contributed by atoms with Crippen molar-refractivity contribution in [2.75, 3.05) is 40.9 Å². The van der Waals surface area contributed by atoms with E-state index in [1.54, 1.807) is 18.2 Å². The number of phosphoric ester groups is 1. The normalized spacial score (nSPS) is 15.3. The number of hydrogen-bond donors (Lipinski definition) is 2. The summed E-state index contributed by atoms with van der Waals surface area (Å²) in [5, 5.41) is 13.6. The van der Waals surface area contributed by atoms with Gasteiger partial charge in [-0.05, 0) is 63.9 Å². The van der Waals surface area contributed by atoms with Crippen molar-refractivity contribution in [1.82, 2.24) is 5.32 Å². The summed E-state index contributed by atoms with van der Waals surface area (Å²) < 4.78 is 23.0. The van der Waals surface area contributed by atoms with Gasteiger partial charge in [0.05, 0.1) is 39.9 Å². The predicted molar refractivity (Wildman–Crippen MR) is 210 cm³/mol. The molecule has 0 spiro atoms. The van der Waals surface area contributed by atoms with Gasteiger partial charge in [0, 0.05) is 12.8 Å². The summed E-state index contributed by atoms with van der Waals surface area (Å²) in [7, 11) is 1.15. The first-order valence-electron chi connectivity index (χ1n) is 19.3. The Hall–Kier alpha value is -2.39. The molecule has 10 heteroatoms. The third-order valence-corrected chi connectivity index (χ3v) is 8.83. The number of nitrogens with zero attached hydrogens (tertiary/aromatic N) is 1. The number of quaternary nitrogens is 1. The molecule has 9 nitrogen and oxygen atoms in total. The van der Waals surface area contributed by atoms with Crippen molar-refractivity contribution in [3.05, 3.63) is 72.9 Å². The van der Waals surface area contributed by atoms with Gasteiger partial charge < -0.3 is 28.8 Å². The maximum atomic E-state index is 12.7. The lowest BCUT2D eigenvalue weighted by atomic mass is 10.1. The van der Waals surface area contributed by atoms with E-state index in [2.05, 4.69) is 43.5 Å². The average molecular weight is 735 g/mol. The summed E-state index contributed by atoms with van der Waals surface area (Å²) in [4.78, 5) is 36.8. The van der Waals surface area contributed by atoms with Gasteiger partial charge in [0.1, 0.15) is 13.2 Å². The molecular formula is C41H71N2O7P. The van der Waals surface area contributed by atoms with Crippen LogP contribution in [0.3, 0.4) is 0 Å². The Labute approximate surface area is 310 Å². The Morgan fingerprint density at radius 2 is 1.35 bits per heavy atom. The van der Waals surface area contributed by atoms with Crippen LogP contribution in [0.4, 0.5) is 0 Å². The van der Waals surface area contributed by atoms with Crippen LogP contribution in [0.25, 0.3) is 0 Å². The van der Waals surface area contributed by atoms with Crippen LogP contribution in [0.5, 0.6) is 0 Å². The SMILES string of the molecule is CCCCCCC/C=C\CC/C=C/[C@@H](O)[C@H](COP(=O)([O-])OCC[N+](C)(C)C)NC(=O)CCC/C=C\C/C=C\C/C=C\C=C\C(=O)CCCCC. The standard InChI is InChI=1S/C41H71N2O7P/c1-6-8-10-11-12-13-15-19-22-25-29-33-40(45)39(37-50-51(47,48)49-36-35-43(3,4)5)42-41(46)34-30-26-23-20-17-14-16-18-21-24-28-32-38(44)31-27-9-7-2/h14-16,19-21,23-24,28-29,32-33,39-40,45H,6-13,17-18,22,25-27,30-31,34-37H2,1-5H3,(H-,42,46,47,48)/b16-14-,19-15-,23-20-,24-21-,32-28+,33-29+/t39-,40+/m0/s1. The Bertz CT molecular complexity index is 1120. The van der Waals surface area contributed by atoms with Crippen LogP contribution in [0.15, 0.2) is 72.9 Å². The minimum atomic E-state index is -4.62. The third kappa shape index (κ3) is 34.5. The maximum Gasteiger partial charge on any atom is 0.268 e. The van der Waals surface area contributed by atoms with E-state index >= 15 is 0 Å². The molecule has 0 saturated carbocycles. The number of carbonyl (C=O) groups excluding carboxylic acids is 2. The average Bonchev–Trinajstić information content (AvgIpc) is 3.06. The van der Waals surface area contributed by atoms with Gasteiger partial charge in [-0.15, -0.1) is 0 Å². The number of hydrogen-bond acceptors (Lipinski definition) is 7. The Morgan fingerprint density at radius 3 is 2.08 bits per heavy atom. The number of ketones is 1. The van der Waals surface area contributed by atoms with Crippen molar-refractivity contribution < 1.29 is 37.7 Å². The minimum Gasteiger partial charge on any atom is -0.756 e. The number of carbonyl (C=O) groups is 2. The zero-order valence-electron chi connectivity index (χ0n) is 32.5. The lowest BCUT2D eigenvalue weighted by Gasteiger charge is -2.29. The first kappa shape index (κ1) is 48.6. The first-order chi connectivity index (χ1) is 24.4. The highest BCUT2D eigenvalue weighted by molar-refractivity contribution is 7.45. The molecule has 1 unspecified atom stereocenters. The van der Waals surface area contributed by atoms with Gasteiger partial charge >= 0.3 is 0 Å². The molecule has 0 heterocycles. The smallest absolute Gasteiger partial charge is 0.268 e. The van der Waals surface area contributed by atoms with Crippen molar-refractivity contribution in [1.29, 1.82) is 0 Å². The summed E-state index contributed by atoms with van der Waals surface area (Å²) in [5.74, 6) is -0.119. The maximum absolute atomic E-state index is 12.7. The number of unbranched alkanes of at least 4 members (excludes halogenated alkanes) is 9. The molecule has 0 radical (unpaired) electrons. The van der Waals surface area contributed by atoms with Gasteiger partial charge in [-0.1, -0.05) is 119 Å². The molecule has 0 aliphatic rings. The fraction of sp³-hybridized carbons (Fsp3) is 0.659. The van der Waals surface area contributed by atoms with Crippen LogP contribution >= 0.6 is 7.82 Å². The highest BCUT2D eigenvalue weighted by Gasteiger charge is 2.23. The molecule has 0 aromatic heterocycles. The molecular weight excluding hydrogens is 663 g/mol. The van der Waals surface area contributed by atoms with E-state index in [0.29, 0.717) is 30.3 Å². The molecule has 0 aliphatic carbocycles. The highest BCUT2D eigenvalue weighted by Crippen LogP contribution is 2.38. The number of likely N-dealkylation sites (N-methyl/N-ethyl adjacent to an activating group) is 1. The van der Waals surface area contributed by atoms with Gasteiger partial charge in [-0.25, -0.2) is 0 Å².